The van der Waals surface area contributed by atoms with Crippen molar-refractivity contribution >= 4 is 0 Å². The van der Waals surface area contributed by atoms with Gasteiger partial charge in [-0.2, -0.15) is 0 Å². The Labute approximate surface area is 121 Å². The topological polar surface area (TPSA) is 55.0 Å². The number of hydrogen-bond donors (Lipinski definition) is 1. The van der Waals surface area contributed by atoms with Crippen molar-refractivity contribution in [2.24, 2.45) is 5.73 Å². The van der Waals surface area contributed by atoms with Crippen molar-refractivity contribution < 1.29 is 0 Å². The molecule has 2 atom stereocenters. The number of piperidine rings is 1. The van der Waals surface area contributed by atoms with Gasteiger partial charge in [0.15, 0.2) is 0 Å². The zero-order valence-electron chi connectivity index (χ0n) is 12.9. The van der Waals surface area contributed by atoms with E-state index < -0.39 is 0 Å². The van der Waals surface area contributed by atoms with Gasteiger partial charge in [0.25, 0.3) is 0 Å². The van der Waals surface area contributed by atoms with Gasteiger partial charge in [-0.1, -0.05) is 0 Å². The molecule has 20 heavy (non-hydrogen) atoms. The highest BCUT2D eigenvalue weighted by molar-refractivity contribution is 5.26. The Morgan fingerprint density at radius 2 is 1.65 bits per heavy atom. The smallest absolute Gasteiger partial charge is 0.132 e. The minimum Gasteiger partial charge on any atom is -0.330 e. The highest BCUT2D eigenvalue weighted by atomic mass is 15.2. The molecule has 110 valence electrons. The normalized spacial score (nSPS) is 29.9. The second-order valence-electron chi connectivity index (χ2n) is 6.49. The van der Waals surface area contributed by atoms with Gasteiger partial charge >= 0.3 is 0 Å². The van der Waals surface area contributed by atoms with Crippen LogP contribution in [0.1, 0.15) is 54.4 Å². The maximum Gasteiger partial charge on any atom is 0.132 e. The first kappa shape index (κ1) is 14.0. The molecule has 0 aromatic carbocycles. The van der Waals surface area contributed by atoms with Crippen molar-refractivity contribution in [2.75, 3.05) is 13.6 Å². The van der Waals surface area contributed by atoms with Crippen molar-refractivity contribution in [2.45, 2.75) is 64.0 Å². The van der Waals surface area contributed by atoms with E-state index in [9.17, 15) is 0 Å². The minimum absolute atomic E-state index is 0.549. The van der Waals surface area contributed by atoms with E-state index in [1.165, 1.54) is 31.2 Å². The number of fused-ring (bicyclic) bond motifs is 2. The van der Waals surface area contributed by atoms with Crippen LogP contribution in [0.25, 0.3) is 0 Å². The van der Waals surface area contributed by atoms with Crippen LogP contribution >= 0.6 is 0 Å². The van der Waals surface area contributed by atoms with Crippen molar-refractivity contribution in [1.29, 1.82) is 0 Å². The molecule has 0 amide bonds. The van der Waals surface area contributed by atoms with Crippen LogP contribution in [0.3, 0.4) is 0 Å². The van der Waals surface area contributed by atoms with Crippen LogP contribution in [0, 0.1) is 13.8 Å². The summed E-state index contributed by atoms with van der Waals surface area (Å²) in [5.74, 6) is 1.62. The Kier molecular flexibility index (Phi) is 3.78. The summed E-state index contributed by atoms with van der Waals surface area (Å²) in [7, 11) is 2.28. The lowest BCUT2D eigenvalue weighted by Gasteiger charge is -2.35. The fourth-order valence-electron chi connectivity index (χ4n) is 4.08. The molecule has 0 saturated carbocycles. The molecule has 0 aliphatic carbocycles. The number of aromatic nitrogens is 2. The van der Waals surface area contributed by atoms with Crippen LogP contribution in [-0.2, 0) is 6.42 Å². The predicted molar refractivity (Wildman–Crippen MR) is 80.8 cm³/mol. The lowest BCUT2D eigenvalue weighted by Crippen LogP contribution is -2.39. The lowest BCUT2D eigenvalue weighted by atomic mass is 9.90. The summed E-state index contributed by atoms with van der Waals surface area (Å²) in [6, 6.07) is 1.48. The molecule has 2 bridgehead atoms. The first-order valence-corrected chi connectivity index (χ1v) is 7.86. The van der Waals surface area contributed by atoms with Crippen LogP contribution in [0.15, 0.2) is 0 Å². The van der Waals surface area contributed by atoms with Gasteiger partial charge in [0, 0.05) is 29.4 Å². The molecular weight excluding hydrogens is 248 g/mol. The summed E-state index contributed by atoms with van der Waals surface area (Å²) in [5.41, 5.74) is 9.18. The van der Waals surface area contributed by atoms with E-state index in [0.717, 1.165) is 35.7 Å². The summed E-state index contributed by atoms with van der Waals surface area (Å²) in [6.45, 7) is 4.88. The molecule has 2 saturated heterocycles. The average Bonchev–Trinajstić information content (AvgIpc) is 2.65. The van der Waals surface area contributed by atoms with E-state index in [1.54, 1.807) is 0 Å². The highest BCUT2D eigenvalue weighted by Crippen LogP contribution is 2.41. The SMILES string of the molecule is Cc1nc(C2CC3CCC(C2)N3C)nc(C)c1CCN. The number of hydrogen-bond acceptors (Lipinski definition) is 4. The minimum atomic E-state index is 0.549. The summed E-state index contributed by atoms with van der Waals surface area (Å²) >= 11 is 0. The molecular formula is C16H26N4. The van der Waals surface area contributed by atoms with Crippen LogP contribution in [0.2, 0.25) is 0 Å². The lowest BCUT2D eigenvalue weighted by molar-refractivity contribution is 0.158. The molecule has 4 nitrogen and oxygen atoms in total. The molecule has 0 spiro atoms. The monoisotopic (exact) mass is 274 g/mol. The van der Waals surface area contributed by atoms with Crippen LogP contribution in [0.4, 0.5) is 0 Å². The predicted octanol–water partition coefficient (Wildman–Crippen LogP) is 1.93. The quantitative estimate of drug-likeness (QED) is 0.915. The number of nitrogens with zero attached hydrogens (tertiary/aromatic N) is 3. The molecule has 3 heterocycles. The summed E-state index contributed by atoms with van der Waals surface area (Å²) in [4.78, 5) is 12.2. The molecule has 1 aromatic rings. The number of rotatable bonds is 3. The first-order valence-electron chi connectivity index (χ1n) is 7.86. The second-order valence-corrected chi connectivity index (χ2v) is 6.49. The Bertz CT molecular complexity index is 462. The second kappa shape index (κ2) is 5.41. The van der Waals surface area contributed by atoms with Crippen LogP contribution < -0.4 is 5.73 Å². The summed E-state index contributed by atoms with van der Waals surface area (Å²) in [6.07, 6.45) is 6.03. The van der Waals surface area contributed by atoms with Crippen molar-refractivity contribution in [3.05, 3.63) is 22.8 Å². The largest absolute Gasteiger partial charge is 0.330 e. The van der Waals surface area contributed by atoms with Crippen molar-refractivity contribution in [3.63, 3.8) is 0 Å². The Hall–Kier alpha value is -1.00. The molecule has 2 aliphatic rings. The molecule has 2 unspecified atom stereocenters. The van der Waals surface area contributed by atoms with E-state index in [4.69, 9.17) is 15.7 Å². The van der Waals surface area contributed by atoms with Gasteiger partial charge in [-0.3, -0.25) is 0 Å². The van der Waals surface area contributed by atoms with Crippen molar-refractivity contribution in [1.82, 2.24) is 14.9 Å². The Morgan fingerprint density at radius 1 is 1.10 bits per heavy atom. The molecule has 2 N–H and O–H groups in total. The fourth-order valence-corrected chi connectivity index (χ4v) is 4.08. The third kappa shape index (κ3) is 2.35. The Morgan fingerprint density at radius 3 is 2.15 bits per heavy atom. The maximum atomic E-state index is 5.68. The van der Waals surface area contributed by atoms with Crippen LogP contribution in [0.5, 0.6) is 0 Å². The van der Waals surface area contributed by atoms with Crippen molar-refractivity contribution in [3.8, 4) is 0 Å². The van der Waals surface area contributed by atoms with Crippen LogP contribution in [-0.4, -0.2) is 40.5 Å². The zero-order valence-corrected chi connectivity index (χ0v) is 12.9. The highest BCUT2D eigenvalue weighted by Gasteiger charge is 2.39. The van der Waals surface area contributed by atoms with E-state index in [2.05, 4.69) is 25.8 Å². The van der Waals surface area contributed by atoms with Gasteiger partial charge in [0.2, 0.25) is 0 Å². The number of aryl methyl sites for hydroxylation is 2. The molecule has 1 aromatic heterocycles. The van der Waals surface area contributed by atoms with Gasteiger partial charge in [0.05, 0.1) is 0 Å². The first-order chi connectivity index (χ1) is 9.60. The Balaban J connectivity index is 1.85. The average molecular weight is 274 g/mol. The van der Waals surface area contributed by atoms with E-state index in [0.29, 0.717) is 12.5 Å². The van der Waals surface area contributed by atoms with Gasteiger partial charge in [-0.25, -0.2) is 9.97 Å². The van der Waals surface area contributed by atoms with Gasteiger partial charge in [-0.15, -0.1) is 0 Å². The van der Waals surface area contributed by atoms with Gasteiger partial charge < -0.3 is 10.6 Å². The molecule has 0 radical (unpaired) electrons. The van der Waals surface area contributed by atoms with Gasteiger partial charge in [-0.05, 0) is 65.1 Å². The van der Waals surface area contributed by atoms with E-state index >= 15 is 0 Å². The third-order valence-corrected chi connectivity index (χ3v) is 5.30. The van der Waals surface area contributed by atoms with E-state index in [-0.39, 0.29) is 0 Å². The van der Waals surface area contributed by atoms with Gasteiger partial charge in [0.1, 0.15) is 5.82 Å². The third-order valence-electron chi connectivity index (χ3n) is 5.30. The molecule has 2 aliphatic heterocycles. The maximum absolute atomic E-state index is 5.68. The summed E-state index contributed by atoms with van der Waals surface area (Å²) < 4.78 is 0. The number of nitrogens with two attached hydrogens (primary N) is 1. The fraction of sp³-hybridized carbons (Fsp3) is 0.750. The standard InChI is InChI=1S/C16H26N4/c1-10-15(6-7-17)11(2)19-16(18-10)12-8-13-4-5-14(9-12)20(13)3/h12-14H,4-9,17H2,1-3H3. The zero-order chi connectivity index (χ0) is 14.3. The molecule has 2 fully saturated rings. The molecule has 3 rings (SSSR count). The van der Waals surface area contributed by atoms with E-state index in [1.807, 2.05) is 0 Å². The summed E-state index contributed by atoms with van der Waals surface area (Å²) in [5, 5.41) is 0. The molecule has 4 heteroatoms.